The average molecular weight is 190 g/mol. The lowest BCUT2D eigenvalue weighted by Gasteiger charge is -1.96. The van der Waals surface area contributed by atoms with Crippen molar-refractivity contribution < 1.29 is 14.1 Å². The number of fused-ring (bicyclic) bond motifs is 1. The topological polar surface area (TPSA) is 52.3 Å². The number of hydrogen-bond donors (Lipinski definition) is 0. The first-order valence-electron chi connectivity index (χ1n) is 4.25. The van der Waals surface area contributed by atoms with Crippen LogP contribution in [0.15, 0.2) is 22.7 Å². The van der Waals surface area contributed by atoms with Gasteiger partial charge in [0.1, 0.15) is 0 Å². The highest BCUT2D eigenvalue weighted by atomic mass is 16.5. The number of hydrogen-bond acceptors (Lipinski definition) is 4. The van der Waals surface area contributed by atoms with Crippen LogP contribution in [0.5, 0.6) is 0 Å². The fourth-order valence-electron chi connectivity index (χ4n) is 1.18. The molecule has 0 aliphatic carbocycles. The van der Waals surface area contributed by atoms with Gasteiger partial charge < -0.3 is 9.26 Å². The molecule has 0 spiro atoms. The van der Waals surface area contributed by atoms with E-state index in [1.165, 1.54) is 0 Å². The molecule has 0 aliphatic heterocycles. The molecule has 0 amide bonds. The van der Waals surface area contributed by atoms with Gasteiger partial charge in [0, 0.05) is 0 Å². The van der Waals surface area contributed by atoms with Crippen LogP contribution >= 0.6 is 0 Å². The van der Waals surface area contributed by atoms with Crippen LogP contribution < -0.4 is 0 Å². The lowest BCUT2D eigenvalue weighted by molar-refractivity contribution is 0.0517. The standard InChI is InChI=1S/C10H8NO3/c1-2-13-10(12)9-7-5-3-4-6-8(7)14-11-9/h3,5-6H,2H2,1H3. The second-order valence-electron chi connectivity index (χ2n) is 2.67. The van der Waals surface area contributed by atoms with Crippen molar-refractivity contribution in [3.05, 3.63) is 30.0 Å². The van der Waals surface area contributed by atoms with E-state index in [9.17, 15) is 4.79 Å². The van der Waals surface area contributed by atoms with E-state index in [1.54, 1.807) is 25.1 Å². The zero-order chi connectivity index (χ0) is 9.97. The van der Waals surface area contributed by atoms with Crippen LogP contribution in [0.2, 0.25) is 0 Å². The van der Waals surface area contributed by atoms with Crippen LogP contribution in [-0.2, 0) is 4.74 Å². The van der Waals surface area contributed by atoms with Crippen molar-refractivity contribution >= 4 is 16.9 Å². The van der Waals surface area contributed by atoms with E-state index in [0.29, 0.717) is 17.6 Å². The molecule has 1 aromatic carbocycles. The Labute approximate surface area is 80.4 Å². The molecule has 2 aromatic rings. The maximum Gasteiger partial charge on any atom is 0.361 e. The van der Waals surface area contributed by atoms with E-state index >= 15 is 0 Å². The largest absolute Gasteiger partial charge is 0.461 e. The summed E-state index contributed by atoms with van der Waals surface area (Å²) in [7, 11) is 0. The quantitative estimate of drug-likeness (QED) is 0.677. The first-order valence-corrected chi connectivity index (χ1v) is 4.25. The molecule has 14 heavy (non-hydrogen) atoms. The fourth-order valence-corrected chi connectivity index (χ4v) is 1.18. The maximum atomic E-state index is 11.4. The van der Waals surface area contributed by atoms with Crippen LogP contribution in [-0.4, -0.2) is 17.7 Å². The molecule has 0 saturated carbocycles. The summed E-state index contributed by atoms with van der Waals surface area (Å²) < 4.78 is 9.76. The molecule has 4 nitrogen and oxygen atoms in total. The molecule has 1 aromatic heterocycles. The number of esters is 1. The molecule has 0 atom stereocenters. The van der Waals surface area contributed by atoms with Gasteiger partial charge in [0.2, 0.25) is 0 Å². The van der Waals surface area contributed by atoms with Crippen molar-refractivity contribution in [3.63, 3.8) is 0 Å². The molecule has 0 aliphatic rings. The highest BCUT2D eigenvalue weighted by Gasteiger charge is 2.16. The number of ether oxygens (including phenoxy) is 1. The lowest BCUT2D eigenvalue weighted by Crippen LogP contribution is -2.04. The minimum atomic E-state index is -0.461. The molecule has 0 bridgehead atoms. The van der Waals surface area contributed by atoms with Crippen LogP contribution in [0.25, 0.3) is 11.0 Å². The Morgan fingerprint density at radius 3 is 3.36 bits per heavy atom. The Bertz CT molecular complexity index is 461. The van der Waals surface area contributed by atoms with Gasteiger partial charge in [0.15, 0.2) is 11.3 Å². The van der Waals surface area contributed by atoms with Gasteiger partial charge in [0.25, 0.3) is 0 Å². The summed E-state index contributed by atoms with van der Waals surface area (Å²) in [5.41, 5.74) is 0.756. The zero-order valence-corrected chi connectivity index (χ0v) is 7.61. The normalized spacial score (nSPS) is 10.4. The highest BCUT2D eigenvalue weighted by Crippen LogP contribution is 2.17. The molecule has 4 heteroatoms. The number of nitrogens with zero attached hydrogens (tertiary/aromatic N) is 1. The van der Waals surface area contributed by atoms with E-state index in [4.69, 9.17) is 9.26 Å². The Morgan fingerprint density at radius 1 is 1.71 bits per heavy atom. The number of aromatic nitrogens is 1. The van der Waals surface area contributed by atoms with E-state index in [-0.39, 0.29) is 5.69 Å². The van der Waals surface area contributed by atoms with Crippen LogP contribution in [0.1, 0.15) is 17.4 Å². The van der Waals surface area contributed by atoms with Crippen molar-refractivity contribution in [2.45, 2.75) is 6.92 Å². The van der Waals surface area contributed by atoms with E-state index < -0.39 is 5.97 Å². The number of benzene rings is 1. The van der Waals surface area contributed by atoms with Gasteiger partial charge in [0.05, 0.1) is 12.0 Å². The van der Waals surface area contributed by atoms with Crippen molar-refractivity contribution in [2.24, 2.45) is 0 Å². The molecule has 0 unspecified atom stereocenters. The van der Waals surface area contributed by atoms with E-state index in [0.717, 1.165) is 0 Å². The second kappa shape index (κ2) is 3.49. The SMILES string of the molecule is CCOC(=O)c1noc2c[c]ccc12. The lowest BCUT2D eigenvalue weighted by atomic mass is 10.2. The van der Waals surface area contributed by atoms with E-state index in [1.807, 2.05) is 0 Å². The molecule has 1 radical (unpaired) electrons. The Balaban J connectivity index is 2.47. The molecule has 0 saturated heterocycles. The minimum Gasteiger partial charge on any atom is -0.461 e. The van der Waals surface area contributed by atoms with E-state index in [2.05, 4.69) is 11.2 Å². The van der Waals surface area contributed by atoms with Gasteiger partial charge in [-0.15, -0.1) is 0 Å². The van der Waals surface area contributed by atoms with Crippen LogP contribution in [0.4, 0.5) is 0 Å². The molecule has 0 N–H and O–H groups in total. The van der Waals surface area contributed by atoms with Gasteiger partial charge in [-0.3, -0.25) is 0 Å². The summed E-state index contributed by atoms with van der Waals surface area (Å²) in [6.07, 6.45) is 0. The van der Waals surface area contributed by atoms with Gasteiger partial charge in [-0.1, -0.05) is 11.2 Å². The number of carbonyl (C=O) groups is 1. The van der Waals surface area contributed by atoms with Gasteiger partial charge in [-0.25, -0.2) is 4.79 Å². The Morgan fingerprint density at radius 2 is 2.57 bits per heavy atom. The van der Waals surface area contributed by atoms with Gasteiger partial charge >= 0.3 is 5.97 Å². The maximum absolute atomic E-state index is 11.4. The molecule has 0 fully saturated rings. The van der Waals surface area contributed by atoms with Crippen molar-refractivity contribution in [3.8, 4) is 0 Å². The van der Waals surface area contributed by atoms with Gasteiger partial charge in [-0.05, 0) is 25.1 Å². The third-order valence-corrected chi connectivity index (χ3v) is 1.79. The summed E-state index contributed by atoms with van der Waals surface area (Å²) in [5.74, 6) is -0.461. The third-order valence-electron chi connectivity index (χ3n) is 1.79. The molecule has 2 rings (SSSR count). The summed E-state index contributed by atoms with van der Waals surface area (Å²) in [6.45, 7) is 2.07. The van der Waals surface area contributed by atoms with Crippen molar-refractivity contribution in [2.75, 3.05) is 6.61 Å². The van der Waals surface area contributed by atoms with Crippen molar-refractivity contribution in [1.82, 2.24) is 5.16 Å². The summed E-state index contributed by atoms with van der Waals surface area (Å²) in [6, 6.07) is 7.88. The molecular weight excluding hydrogens is 182 g/mol. The summed E-state index contributed by atoms with van der Waals surface area (Å²) in [4.78, 5) is 11.4. The monoisotopic (exact) mass is 190 g/mol. The van der Waals surface area contributed by atoms with Crippen LogP contribution in [0, 0.1) is 6.07 Å². The van der Waals surface area contributed by atoms with Crippen LogP contribution in [0.3, 0.4) is 0 Å². The Hall–Kier alpha value is -1.84. The van der Waals surface area contributed by atoms with Crippen molar-refractivity contribution in [1.29, 1.82) is 0 Å². The predicted octanol–water partition coefficient (Wildman–Crippen LogP) is 1.80. The number of rotatable bonds is 2. The minimum absolute atomic E-state index is 0.218. The second-order valence-corrected chi connectivity index (χ2v) is 2.67. The molecular formula is C10H8NO3. The average Bonchev–Trinajstić information content (AvgIpc) is 2.61. The summed E-state index contributed by atoms with van der Waals surface area (Å²) in [5, 5.41) is 4.30. The zero-order valence-electron chi connectivity index (χ0n) is 7.61. The number of carbonyl (C=O) groups excluding carboxylic acids is 1. The Kier molecular flexibility index (Phi) is 2.18. The summed E-state index contributed by atoms with van der Waals surface area (Å²) >= 11 is 0. The first kappa shape index (κ1) is 8.74. The first-order chi connectivity index (χ1) is 6.83. The molecule has 1 heterocycles. The highest BCUT2D eigenvalue weighted by molar-refractivity contribution is 6.00. The smallest absolute Gasteiger partial charge is 0.361 e. The molecule has 71 valence electrons. The van der Waals surface area contributed by atoms with Gasteiger partial charge in [-0.2, -0.15) is 0 Å². The predicted molar refractivity (Wildman–Crippen MR) is 48.8 cm³/mol. The third kappa shape index (κ3) is 1.35. The fraction of sp³-hybridized carbons (Fsp3) is 0.200.